The van der Waals surface area contributed by atoms with Crippen molar-refractivity contribution < 1.29 is 28.2 Å². The van der Waals surface area contributed by atoms with Crippen LogP contribution in [0.2, 0.25) is 0 Å². The first-order chi connectivity index (χ1) is 17.6. The molecule has 0 aromatic heterocycles. The highest BCUT2D eigenvalue weighted by molar-refractivity contribution is 5.91. The summed E-state index contributed by atoms with van der Waals surface area (Å²) in [6.07, 6.45) is 4.75. The van der Waals surface area contributed by atoms with E-state index in [1.54, 1.807) is 24.3 Å². The fourth-order valence-corrected chi connectivity index (χ4v) is 4.82. The number of fused-ring (bicyclic) bond motifs is 1. The second kappa shape index (κ2) is 12.7. The molecule has 0 radical (unpaired) electrons. The van der Waals surface area contributed by atoms with Crippen molar-refractivity contribution in [2.75, 3.05) is 26.4 Å². The summed E-state index contributed by atoms with van der Waals surface area (Å²) in [5.74, 6) is 0.0421. The predicted molar refractivity (Wildman–Crippen MR) is 133 cm³/mol. The molecule has 7 nitrogen and oxygen atoms in total. The number of carbonyl (C=O) groups excluding carboxylic acids is 2. The summed E-state index contributed by atoms with van der Waals surface area (Å²) in [6.45, 7) is 3.24. The topological polar surface area (TPSA) is 77.1 Å². The maximum Gasteiger partial charge on any atom is 0.268 e. The van der Waals surface area contributed by atoms with Gasteiger partial charge >= 0.3 is 0 Å². The van der Waals surface area contributed by atoms with Crippen molar-refractivity contribution in [1.82, 2.24) is 10.2 Å². The Labute approximate surface area is 211 Å². The molecule has 1 aliphatic carbocycles. The van der Waals surface area contributed by atoms with E-state index < -0.39 is 18.0 Å². The average molecular weight is 499 g/mol. The average Bonchev–Trinajstić information content (AvgIpc) is 2.91. The first kappa shape index (κ1) is 25.9. The van der Waals surface area contributed by atoms with E-state index in [0.717, 1.165) is 32.1 Å². The maximum absolute atomic E-state index is 13.9. The molecular weight excluding hydrogens is 463 g/mol. The summed E-state index contributed by atoms with van der Waals surface area (Å²) >= 11 is 0. The van der Waals surface area contributed by atoms with Gasteiger partial charge in [-0.25, -0.2) is 4.39 Å². The molecular formula is C28H35FN2O5. The van der Waals surface area contributed by atoms with Crippen molar-refractivity contribution in [3.63, 3.8) is 0 Å². The smallest absolute Gasteiger partial charge is 0.268 e. The van der Waals surface area contributed by atoms with Crippen LogP contribution in [0.1, 0.15) is 57.1 Å². The van der Waals surface area contributed by atoms with E-state index in [-0.39, 0.29) is 31.0 Å². The molecule has 1 fully saturated rings. The van der Waals surface area contributed by atoms with Gasteiger partial charge in [0.2, 0.25) is 12.0 Å². The van der Waals surface area contributed by atoms with Crippen molar-refractivity contribution >= 4 is 11.8 Å². The fraction of sp³-hybridized carbons (Fsp3) is 0.500. The number of para-hydroxylation sites is 2. The summed E-state index contributed by atoms with van der Waals surface area (Å²) < 4.78 is 31.0. The van der Waals surface area contributed by atoms with Gasteiger partial charge in [-0.05, 0) is 56.0 Å². The molecule has 1 N–H and O–H groups in total. The van der Waals surface area contributed by atoms with Crippen molar-refractivity contribution in [1.29, 1.82) is 0 Å². The molecule has 1 aliphatic heterocycles. The van der Waals surface area contributed by atoms with E-state index in [4.69, 9.17) is 14.2 Å². The third-order valence-electron chi connectivity index (χ3n) is 6.66. The van der Waals surface area contributed by atoms with Gasteiger partial charge < -0.3 is 24.4 Å². The molecule has 0 unspecified atom stereocenters. The van der Waals surface area contributed by atoms with Crippen LogP contribution in [0.4, 0.5) is 4.39 Å². The van der Waals surface area contributed by atoms with E-state index in [9.17, 15) is 14.0 Å². The summed E-state index contributed by atoms with van der Waals surface area (Å²) in [4.78, 5) is 29.1. The number of amides is 2. The molecule has 36 heavy (non-hydrogen) atoms. The molecule has 2 amide bonds. The van der Waals surface area contributed by atoms with Crippen LogP contribution in [0, 0.1) is 5.82 Å². The van der Waals surface area contributed by atoms with Gasteiger partial charge in [0.15, 0.2) is 11.5 Å². The van der Waals surface area contributed by atoms with E-state index >= 15 is 0 Å². The van der Waals surface area contributed by atoms with Crippen LogP contribution in [0.25, 0.3) is 0 Å². The minimum atomic E-state index is -0.928. The third-order valence-corrected chi connectivity index (χ3v) is 6.66. The third kappa shape index (κ3) is 6.55. The summed E-state index contributed by atoms with van der Waals surface area (Å²) in [5.41, 5.74) is 0.548. The predicted octanol–water partition coefficient (Wildman–Crippen LogP) is 4.41. The highest BCUT2D eigenvalue weighted by Crippen LogP contribution is 2.33. The molecule has 2 aromatic carbocycles. The highest BCUT2D eigenvalue weighted by Gasteiger charge is 2.38. The lowest BCUT2D eigenvalue weighted by atomic mass is 9.94. The second-order valence-corrected chi connectivity index (χ2v) is 9.24. The lowest BCUT2D eigenvalue weighted by Gasteiger charge is -2.36. The Morgan fingerprint density at radius 3 is 2.53 bits per heavy atom. The SMILES string of the molecule is CCOCCCN(C(=O)[C@@H]1COc2ccccc2O1)[C@@H](C(=O)NC1CCCCC1)c1ccc(F)cc1. The number of halogens is 1. The largest absolute Gasteiger partial charge is 0.485 e. The van der Waals surface area contributed by atoms with Gasteiger partial charge in [0.05, 0.1) is 0 Å². The van der Waals surface area contributed by atoms with E-state index in [1.807, 2.05) is 19.1 Å². The molecule has 2 aromatic rings. The van der Waals surface area contributed by atoms with E-state index in [0.29, 0.717) is 36.7 Å². The number of ether oxygens (including phenoxy) is 3. The zero-order chi connectivity index (χ0) is 25.3. The zero-order valence-electron chi connectivity index (χ0n) is 20.8. The zero-order valence-corrected chi connectivity index (χ0v) is 20.8. The van der Waals surface area contributed by atoms with Gasteiger partial charge in [-0.3, -0.25) is 9.59 Å². The molecule has 2 atom stereocenters. The minimum absolute atomic E-state index is 0.0399. The van der Waals surface area contributed by atoms with Crippen LogP contribution >= 0.6 is 0 Å². The Morgan fingerprint density at radius 1 is 1.08 bits per heavy atom. The molecule has 2 aliphatic rings. The molecule has 0 saturated heterocycles. The standard InChI is InChI=1S/C28H35FN2O5/c1-2-34-18-8-17-31(28(33)25-19-35-23-11-6-7-12-24(23)36-25)26(20-13-15-21(29)16-14-20)27(32)30-22-9-4-3-5-10-22/h6-7,11-16,22,25-26H,2-5,8-10,17-19H2,1H3,(H,30,32)/t25-,26+/m0/s1. The summed E-state index contributed by atoms with van der Waals surface area (Å²) in [6, 6.07) is 12.1. The Morgan fingerprint density at radius 2 is 1.81 bits per heavy atom. The second-order valence-electron chi connectivity index (χ2n) is 9.24. The monoisotopic (exact) mass is 498 g/mol. The number of nitrogens with zero attached hydrogens (tertiary/aromatic N) is 1. The fourth-order valence-electron chi connectivity index (χ4n) is 4.82. The van der Waals surface area contributed by atoms with Crippen LogP contribution in [0.3, 0.4) is 0 Å². The number of nitrogens with one attached hydrogen (secondary N) is 1. The molecule has 194 valence electrons. The summed E-state index contributed by atoms with van der Waals surface area (Å²) in [7, 11) is 0. The quantitative estimate of drug-likeness (QED) is 0.491. The van der Waals surface area contributed by atoms with Gasteiger partial charge in [0, 0.05) is 25.8 Å². The minimum Gasteiger partial charge on any atom is -0.485 e. The van der Waals surface area contributed by atoms with Gasteiger partial charge in [0.25, 0.3) is 5.91 Å². The number of benzene rings is 2. The Balaban J connectivity index is 1.61. The number of hydrogen-bond donors (Lipinski definition) is 1. The first-order valence-electron chi connectivity index (χ1n) is 12.9. The Kier molecular flexibility index (Phi) is 9.17. The van der Waals surface area contributed by atoms with Gasteiger partial charge in [-0.1, -0.05) is 43.5 Å². The van der Waals surface area contributed by atoms with Gasteiger partial charge in [-0.2, -0.15) is 0 Å². The molecule has 8 heteroatoms. The molecule has 1 heterocycles. The molecule has 1 saturated carbocycles. The van der Waals surface area contributed by atoms with Gasteiger partial charge in [0.1, 0.15) is 18.5 Å². The molecule has 0 spiro atoms. The van der Waals surface area contributed by atoms with Crippen LogP contribution in [0.15, 0.2) is 48.5 Å². The Hall–Kier alpha value is -3.13. The first-order valence-corrected chi connectivity index (χ1v) is 12.9. The molecule has 0 bridgehead atoms. The van der Waals surface area contributed by atoms with Crippen molar-refractivity contribution in [3.8, 4) is 11.5 Å². The van der Waals surface area contributed by atoms with Crippen molar-refractivity contribution in [2.45, 2.75) is 63.6 Å². The van der Waals surface area contributed by atoms with E-state index in [1.165, 1.54) is 17.0 Å². The summed E-state index contributed by atoms with van der Waals surface area (Å²) in [5, 5.41) is 3.16. The van der Waals surface area contributed by atoms with Crippen molar-refractivity contribution in [3.05, 3.63) is 59.9 Å². The maximum atomic E-state index is 13.9. The van der Waals surface area contributed by atoms with Crippen LogP contribution in [-0.4, -0.2) is 55.2 Å². The highest BCUT2D eigenvalue weighted by atomic mass is 19.1. The lowest BCUT2D eigenvalue weighted by molar-refractivity contribution is -0.149. The Bertz CT molecular complexity index is 1010. The van der Waals surface area contributed by atoms with Crippen LogP contribution in [-0.2, 0) is 14.3 Å². The van der Waals surface area contributed by atoms with Crippen LogP contribution < -0.4 is 14.8 Å². The van der Waals surface area contributed by atoms with Crippen LogP contribution in [0.5, 0.6) is 11.5 Å². The number of carbonyl (C=O) groups is 2. The van der Waals surface area contributed by atoms with E-state index in [2.05, 4.69) is 5.32 Å². The normalized spacial score (nSPS) is 18.3. The lowest BCUT2D eigenvalue weighted by Crippen LogP contribution is -2.52. The van der Waals surface area contributed by atoms with Crippen molar-refractivity contribution in [2.24, 2.45) is 0 Å². The molecule has 4 rings (SSSR count). The number of hydrogen-bond acceptors (Lipinski definition) is 5. The van der Waals surface area contributed by atoms with Gasteiger partial charge in [-0.15, -0.1) is 0 Å². The number of rotatable bonds is 10.